The van der Waals surface area contributed by atoms with Crippen LogP contribution in [-0.4, -0.2) is 30.2 Å². The van der Waals surface area contributed by atoms with Crippen LogP contribution in [0, 0.1) is 0 Å². The van der Waals surface area contributed by atoms with E-state index in [2.05, 4.69) is 5.32 Å². The number of ketones is 1. The standard InChI is InChI=1S/C18H18Cl2N2O2/c1-12(23)14-4-6-15(7-5-14)21-18(24)11-22(2)10-13-3-8-16(19)17(20)9-13/h3-9H,10-11H2,1-2H3,(H,21,24). The Morgan fingerprint density at radius 3 is 2.29 bits per heavy atom. The summed E-state index contributed by atoms with van der Waals surface area (Å²) in [4.78, 5) is 25.2. The van der Waals surface area contributed by atoms with Crippen molar-refractivity contribution in [2.24, 2.45) is 0 Å². The van der Waals surface area contributed by atoms with E-state index in [1.54, 1.807) is 36.4 Å². The summed E-state index contributed by atoms with van der Waals surface area (Å²) in [7, 11) is 1.85. The molecule has 2 aromatic rings. The Balaban J connectivity index is 1.89. The van der Waals surface area contributed by atoms with E-state index < -0.39 is 0 Å². The molecule has 0 aliphatic carbocycles. The largest absolute Gasteiger partial charge is 0.325 e. The quantitative estimate of drug-likeness (QED) is 0.778. The summed E-state index contributed by atoms with van der Waals surface area (Å²) in [5.41, 5.74) is 2.25. The number of hydrogen-bond donors (Lipinski definition) is 1. The molecule has 24 heavy (non-hydrogen) atoms. The highest BCUT2D eigenvalue weighted by Crippen LogP contribution is 2.23. The number of carbonyl (C=O) groups excluding carboxylic acids is 2. The van der Waals surface area contributed by atoms with Crippen LogP contribution in [-0.2, 0) is 11.3 Å². The van der Waals surface area contributed by atoms with Crippen LogP contribution in [0.1, 0.15) is 22.8 Å². The predicted molar refractivity (Wildman–Crippen MR) is 97.9 cm³/mol. The zero-order chi connectivity index (χ0) is 17.7. The number of nitrogens with one attached hydrogen (secondary N) is 1. The fourth-order valence-corrected chi connectivity index (χ4v) is 2.56. The molecule has 0 saturated carbocycles. The van der Waals surface area contributed by atoms with E-state index in [0.717, 1.165) is 5.56 Å². The summed E-state index contributed by atoms with van der Waals surface area (Å²) in [6, 6.07) is 12.2. The minimum atomic E-state index is -0.131. The highest BCUT2D eigenvalue weighted by atomic mass is 35.5. The van der Waals surface area contributed by atoms with Crippen LogP contribution in [0.2, 0.25) is 10.0 Å². The second-order valence-corrected chi connectivity index (χ2v) is 6.42. The maximum Gasteiger partial charge on any atom is 0.238 e. The van der Waals surface area contributed by atoms with Gasteiger partial charge in [-0.2, -0.15) is 0 Å². The third-order valence-corrected chi connectivity index (χ3v) is 4.16. The van der Waals surface area contributed by atoms with Crippen LogP contribution in [0.15, 0.2) is 42.5 Å². The van der Waals surface area contributed by atoms with Crippen molar-refractivity contribution in [2.45, 2.75) is 13.5 Å². The molecule has 0 fully saturated rings. The number of amides is 1. The molecule has 0 bridgehead atoms. The first-order chi connectivity index (χ1) is 11.3. The van der Waals surface area contributed by atoms with E-state index in [9.17, 15) is 9.59 Å². The molecule has 0 aliphatic rings. The summed E-state index contributed by atoms with van der Waals surface area (Å²) in [5.74, 6) is -0.137. The molecule has 0 aliphatic heterocycles. The lowest BCUT2D eigenvalue weighted by atomic mass is 10.1. The van der Waals surface area contributed by atoms with Gasteiger partial charge in [-0.1, -0.05) is 29.3 Å². The van der Waals surface area contributed by atoms with Gasteiger partial charge in [0.1, 0.15) is 0 Å². The molecule has 1 N–H and O–H groups in total. The van der Waals surface area contributed by atoms with Crippen molar-refractivity contribution < 1.29 is 9.59 Å². The first-order valence-corrected chi connectivity index (χ1v) is 8.14. The van der Waals surface area contributed by atoms with E-state index in [-0.39, 0.29) is 18.2 Å². The van der Waals surface area contributed by atoms with Gasteiger partial charge in [0.25, 0.3) is 0 Å². The van der Waals surface area contributed by atoms with Gasteiger partial charge in [-0.25, -0.2) is 0 Å². The first kappa shape index (κ1) is 18.5. The van der Waals surface area contributed by atoms with Crippen LogP contribution in [0.25, 0.3) is 0 Å². The molecule has 0 radical (unpaired) electrons. The lowest BCUT2D eigenvalue weighted by molar-refractivity contribution is -0.117. The molecule has 1 amide bonds. The Morgan fingerprint density at radius 1 is 1.04 bits per heavy atom. The van der Waals surface area contributed by atoms with Crippen molar-refractivity contribution in [1.82, 2.24) is 4.90 Å². The maximum atomic E-state index is 12.1. The van der Waals surface area contributed by atoms with Gasteiger partial charge in [0, 0.05) is 17.8 Å². The Kier molecular flexibility index (Phi) is 6.37. The summed E-state index contributed by atoms with van der Waals surface area (Å²) in [6.45, 7) is 2.31. The minimum Gasteiger partial charge on any atom is -0.325 e. The van der Waals surface area contributed by atoms with Crippen LogP contribution in [0.3, 0.4) is 0 Å². The average molecular weight is 365 g/mol. The number of hydrogen-bond acceptors (Lipinski definition) is 3. The molecule has 6 heteroatoms. The van der Waals surface area contributed by atoms with E-state index >= 15 is 0 Å². The molecule has 0 saturated heterocycles. The number of rotatable bonds is 6. The molecule has 126 valence electrons. The van der Waals surface area contributed by atoms with Crippen LogP contribution in [0.5, 0.6) is 0 Å². The monoisotopic (exact) mass is 364 g/mol. The lowest BCUT2D eigenvalue weighted by Crippen LogP contribution is -2.29. The number of nitrogens with zero attached hydrogens (tertiary/aromatic N) is 1. The summed E-state index contributed by atoms with van der Waals surface area (Å²) < 4.78 is 0. The number of halogens is 2. The number of carbonyl (C=O) groups is 2. The molecular formula is C18H18Cl2N2O2. The molecule has 2 rings (SSSR count). The summed E-state index contributed by atoms with van der Waals surface area (Å²) in [6.07, 6.45) is 0. The van der Waals surface area contributed by atoms with Crippen LogP contribution >= 0.6 is 23.2 Å². The number of Topliss-reactive ketones (excluding diaryl/α,β-unsaturated/α-hetero) is 1. The molecular weight excluding hydrogens is 347 g/mol. The van der Waals surface area contributed by atoms with Gasteiger partial charge in [-0.15, -0.1) is 0 Å². The molecule has 0 spiro atoms. The molecule has 4 nitrogen and oxygen atoms in total. The van der Waals surface area contributed by atoms with Gasteiger partial charge in [0.2, 0.25) is 5.91 Å². The predicted octanol–water partition coefficient (Wildman–Crippen LogP) is 4.27. The zero-order valence-corrected chi connectivity index (χ0v) is 15.0. The number of anilines is 1. The first-order valence-electron chi connectivity index (χ1n) is 7.38. The normalized spacial score (nSPS) is 10.7. The highest BCUT2D eigenvalue weighted by molar-refractivity contribution is 6.42. The molecule has 0 heterocycles. The van der Waals surface area contributed by atoms with Crippen LogP contribution < -0.4 is 5.32 Å². The zero-order valence-electron chi connectivity index (χ0n) is 13.5. The maximum absolute atomic E-state index is 12.1. The van der Waals surface area contributed by atoms with Crippen molar-refractivity contribution in [1.29, 1.82) is 0 Å². The van der Waals surface area contributed by atoms with Crippen molar-refractivity contribution >= 4 is 40.6 Å². The third-order valence-electron chi connectivity index (χ3n) is 3.43. The SMILES string of the molecule is CC(=O)c1ccc(NC(=O)CN(C)Cc2ccc(Cl)c(Cl)c2)cc1. The van der Waals surface area contributed by atoms with Crippen molar-refractivity contribution in [3.63, 3.8) is 0 Å². The highest BCUT2D eigenvalue weighted by Gasteiger charge is 2.09. The van der Waals surface area contributed by atoms with E-state index in [0.29, 0.717) is 27.8 Å². The fourth-order valence-electron chi connectivity index (χ4n) is 2.24. The smallest absolute Gasteiger partial charge is 0.238 e. The minimum absolute atomic E-state index is 0.00534. The second kappa shape index (κ2) is 8.29. The fraction of sp³-hybridized carbons (Fsp3) is 0.222. The molecule has 0 unspecified atom stereocenters. The van der Waals surface area contributed by atoms with Crippen molar-refractivity contribution in [3.8, 4) is 0 Å². The Labute approximate surface area is 151 Å². The molecule has 0 aromatic heterocycles. The Morgan fingerprint density at radius 2 is 1.71 bits per heavy atom. The van der Waals surface area contributed by atoms with Gasteiger partial charge in [0.05, 0.1) is 16.6 Å². The van der Waals surface area contributed by atoms with Gasteiger partial charge in [-0.3, -0.25) is 14.5 Å². The second-order valence-electron chi connectivity index (χ2n) is 5.60. The van der Waals surface area contributed by atoms with E-state index in [1.165, 1.54) is 6.92 Å². The van der Waals surface area contributed by atoms with Gasteiger partial charge in [0.15, 0.2) is 5.78 Å². The number of benzene rings is 2. The van der Waals surface area contributed by atoms with E-state index in [1.807, 2.05) is 18.0 Å². The van der Waals surface area contributed by atoms with Crippen molar-refractivity contribution in [3.05, 3.63) is 63.6 Å². The topological polar surface area (TPSA) is 49.4 Å². The average Bonchev–Trinajstić information content (AvgIpc) is 2.51. The molecule has 2 aromatic carbocycles. The van der Waals surface area contributed by atoms with E-state index in [4.69, 9.17) is 23.2 Å². The Bertz CT molecular complexity index is 745. The Hall–Kier alpha value is -1.88. The lowest BCUT2D eigenvalue weighted by Gasteiger charge is -2.16. The van der Waals surface area contributed by atoms with Gasteiger partial charge < -0.3 is 5.32 Å². The number of likely N-dealkylation sites (N-methyl/N-ethyl adjacent to an activating group) is 1. The summed E-state index contributed by atoms with van der Waals surface area (Å²) >= 11 is 11.9. The summed E-state index contributed by atoms with van der Waals surface area (Å²) in [5, 5.41) is 3.81. The molecule has 0 atom stereocenters. The van der Waals surface area contributed by atoms with Gasteiger partial charge >= 0.3 is 0 Å². The third kappa shape index (κ3) is 5.34. The van der Waals surface area contributed by atoms with Crippen LogP contribution in [0.4, 0.5) is 5.69 Å². The van der Waals surface area contributed by atoms with Crippen molar-refractivity contribution in [2.75, 3.05) is 18.9 Å². The van der Waals surface area contributed by atoms with Gasteiger partial charge in [-0.05, 0) is 55.9 Å².